The van der Waals surface area contributed by atoms with Crippen LogP contribution in [0.1, 0.15) is 11.4 Å². The van der Waals surface area contributed by atoms with Crippen LogP contribution in [0.5, 0.6) is 5.75 Å². The standard InChI is InChI=1S/C16H19BrN4O4/c1-11-16(21(23)24)12(2)20(18-11)10-15(22)19(3)8-9-25-14-6-4-13(17)5-7-14/h4-7H,8-10H2,1-3H3. The first-order chi connectivity index (χ1) is 11.8. The number of carbonyl (C=O) groups excluding carboxylic acids is 1. The lowest BCUT2D eigenvalue weighted by Crippen LogP contribution is -2.34. The average molecular weight is 411 g/mol. The normalized spacial score (nSPS) is 10.6. The van der Waals surface area contributed by atoms with E-state index < -0.39 is 4.92 Å². The van der Waals surface area contributed by atoms with Crippen molar-refractivity contribution in [2.24, 2.45) is 0 Å². The first-order valence-corrected chi connectivity index (χ1v) is 8.39. The van der Waals surface area contributed by atoms with Crippen LogP contribution in [0, 0.1) is 24.0 Å². The van der Waals surface area contributed by atoms with Gasteiger partial charge in [-0.3, -0.25) is 19.6 Å². The van der Waals surface area contributed by atoms with Gasteiger partial charge in [0.1, 0.15) is 30.3 Å². The molecule has 0 aliphatic rings. The number of hydrogen-bond donors (Lipinski definition) is 0. The molecule has 0 aliphatic carbocycles. The first-order valence-electron chi connectivity index (χ1n) is 7.60. The van der Waals surface area contributed by atoms with Gasteiger partial charge in [-0.2, -0.15) is 5.10 Å². The lowest BCUT2D eigenvalue weighted by Gasteiger charge is -2.17. The van der Waals surface area contributed by atoms with Crippen molar-refractivity contribution in [1.29, 1.82) is 0 Å². The number of likely N-dealkylation sites (N-methyl/N-ethyl adjacent to an activating group) is 1. The molecule has 25 heavy (non-hydrogen) atoms. The van der Waals surface area contributed by atoms with Crippen molar-refractivity contribution in [3.05, 3.63) is 50.2 Å². The highest BCUT2D eigenvalue weighted by atomic mass is 79.9. The summed E-state index contributed by atoms with van der Waals surface area (Å²) in [6, 6.07) is 7.42. The predicted octanol–water partition coefficient (Wildman–Crippen LogP) is 2.71. The van der Waals surface area contributed by atoms with Crippen molar-refractivity contribution in [2.75, 3.05) is 20.2 Å². The summed E-state index contributed by atoms with van der Waals surface area (Å²) in [5, 5.41) is 15.1. The number of aryl methyl sites for hydroxylation is 1. The van der Waals surface area contributed by atoms with Crippen LogP contribution in [0.2, 0.25) is 0 Å². The third-order valence-electron chi connectivity index (χ3n) is 3.75. The van der Waals surface area contributed by atoms with Crippen LogP contribution in [-0.4, -0.2) is 45.7 Å². The summed E-state index contributed by atoms with van der Waals surface area (Å²) >= 11 is 3.35. The van der Waals surface area contributed by atoms with E-state index in [9.17, 15) is 14.9 Å². The molecule has 0 saturated heterocycles. The molecular formula is C16H19BrN4O4. The van der Waals surface area contributed by atoms with Crippen molar-refractivity contribution < 1.29 is 14.5 Å². The highest BCUT2D eigenvalue weighted by molar-refractivity contribution is 9.10. The largest absolute Gasteiger partial charge is 0.492 e. The summed E-state index contributed by atoms with van der Waals surface area (Å²) in [5.74, 6) is 0.526. The van der Waals surface area contributed by atoms with Gasteiger partial charge in [0.15, 0.2) is 0 Å². The smallest absolute Gasteiger partial charge is 0.312 e. The Hall–Kier alpha value is -2.42. The molecule has 0 spiro atoms. The number of halogens is 1. The molecule has 0 saturated carbocycles. The number of nitro groups is 1. The first kappa shape index (κ1) is 18.9. The second kappa shape index (κ2) is 8.11. The number of ether oxygens (including phenoxy) is 1. The minimum absolute atomic E-state index is 0.0463. The molecule has 0 bridgehead atoms. The summed E-state index contributed by atoms with van der Waals surface area (Å²) in [7, 11) is 1.66. The number of rotatable bonds is 7. The van der Waals surface area contributed by atoms with Gasteiger partial charge >= 0.3 is 5.69 Å². The highest BCUT2D eigenvalue weighted by Crippen LogP contribution is 2.21. The maximum Gasteiger partial charge on any atom is 0.312 e. The SMILES string of the molecule is Cc1nn(CC(=O)N(C)CCOc2ccc(Br)cc2)c(C)c1[N+](=O)[O-]. The summed E-state index contributed by atoms with van der Waals surface area (Å²) in [5.41, 5.74) is 0.626. The van der Waals surface area contributed by atoms with Crippen LogP contribution in [0.25, 0.3) is 0 Å². The van der Waals surface area contributed by atoms with Crippen molar-refractivity contribution in [2.45, 2.75) is 20.4 Å². The van der Waals surface area contributed by atoms with Gasteiger partial charge in [-0.05, 0) is 38.1 Å². The van der Waals surface area contributed by atoms with Crippen LogP contribution in [0.3, 0.4) is 0 Å². The lowest BCUT2D eigenvalue weighted by atomic mass is 10.3. The zero-order chi connectivity index (χ0) is 18.6. The fourth-order valence-corrected chi connectivity index (χ4v) is 2.57. The maximum absolute atomic E-state index is 12.3. The molecule has 0 fully saturated rings. The summed E-state index contributed by atoms with van der Waals surface area (Å²) in [4.78, 5) is 24.3. The molecule has 0 unspecified atom stereocenters. The van der Waals surface area contributed by atoms with Gasteiger partial charge in [0.25, 0.3) is 0 Å². The van der Waals surface area contributed by atoms with Crippen molar-refractivity contribution >= 4 is 27.5 Å². The fourth-order valence-electron chi connectivity index (χ4n) is 2.31. The van der Waals surface area contributed by atoms with Crippen LogP contribution < -0.4 is 4.74 Å². The Morgan fingerprint density at radius 3 is 2.56 bits per heavy atom. The number of amides is 1. The Balaban J connectivity index is 1.89. The maximum atomic E-state index is 12.3. The van der Waals surface area contributed by atoms with Crippen LogP contribution in [0.4, 0.5) is 5.69 Å². The van der Waals surface area contributed by atoms with Crippen molar-refractivity contribution in [1.82, 2.24) is 14.7 Å². The number of nitrogens with zero attached hydrogens (tertiary/aromatic N) is 4. The van der Waals surface area contributed by atoms with Crippen LogP contribution in [0.15, 0.2) is 28.7 Å². The third-order valence-corrected chi connectivity index (χ3v) is 4.27. The van der Waals surface area contributed by atoms with Gasteiger partial charge in [-0.15, -0.1) is 0 Å². The second-order valence-corrected chi connectivity index (χ2v) is 6.47. The summed E-state index contributed by atoms with van der Waals surface area (Å²) < 4.78 is 7.91. The number of carbonyl (C=O) groups is 1. The molecule has 0 N–H and O–H groups in total. The zero-order valence-corrected chi connectivity index (χ0v) is 15.8. The minimum Gasteiger partial charge on any atom is -0.492 e. The molecule has 1 amide bonds. The Morgan fingerprint density at radius 2 is 2.00 bits per heavy atom. The van der Waals surface area contributed by atoms with Gasteiger partial charge in [-0.25, -0.2) is 0 Å². The van der Waals surface area contributed by atoms with Crippen molar-refractivity contribution in [3.63, 3.8) is 0 Å². The van der Waals surface area contributed by atoms with Crippen molar-refractivity contribution in [3.8, 4) is 5.75 Å². The van der Waals surface area contributed by atoms with Gasteiger partial charge in [0.05, 0.1) is 11.5 Å². The van der Waals surface area contributed by atoms with E-state index in [-0.39, 0.29) is 18.1 Å². The molecule has 9 heteroatoms. The van der Waals surface area contributed by atoms with E-state index >= 15 is 0 Å². The summed E-state index contributed by atoms with van der Waals surface area (Å²) in [6.45, 7) is 3.84. The molecule has 0 aliphatic heterocycles. The Kier molecular flexibility index (Phi) is 6.13. The minimum atomic E-state index is -0.478. The van der Waals surface area contributed by atoms with E-state index in [0.29, 0.717) is 24.5 Å². The Morgan fingerprint density at radius 1 is 1.36 bits per heavy atom. The van der Waals surface area contributed by atoms with E-state index in [1.54, 1.807) is 20.9 Å². The Labute approximate surface area is 153 Å². The van der Waals surface area contributed by atoms with E-state index in [1.807, 2.05) is 24.3 Å². The lowest BCUT2D eigenvalue weighted by molar-refractivity contribution is -0.386. The Bertz CT molecular complexity index is 773. The number of hydrogen-bond acceptors (Lipinski definition) is 5. The second-order valence-electron chi connectivity index (χ2n) is 5.55. The molecule has 2 rings (SSSR count). The molecule has 0 radical (unpaired) electrons. The molecule has 2 aromatic rings. The third kappa shape index (κ3) is 4.79. The number of benzene rings is 1. The van der Waals surface area contributed by atoms with Gasteiger partial charge in [0, 0.05) is 11.5 Å². The van der Waals surface area contributed by atoms with Crippen LogP contribution in [-0.2, 0) is 11.3 Å². The van der Waals surface area contributed by atoms with Gasteiger partial charge in [-0.1, -0.05) is 15.9 Å². The zero-order valence-electron chi connectivity index (χ0n) is 14.2. The van der Waals surface area contributed by atoms with E-state index in [2.05, 4.69) is 21.0 Å². The van der Waals surface area contributed by atoms with E-state index in [4.69, 9.17) is 4.74 Å². The highest BCUT2D eigenvalue weighted by Gasteiger charge is 2.23. The quantitative estimate of drug-likeness (QED) is 0.516. The monoisotopic (exact) mass is 410 g/mol. The van der Waals surface area contributed by atoms with E-state index in [1.165, 1.54) is 9.58 Å². The van der Waals surface area contributed by atoms with Gasteiger partial charge in [0.2, 0.25) is 5.91 Å². The molecule has 1 aromatic carbocycles. The topological polar surface area (TPSA) is 90.5 Å². The van der Waals surface area contributed by atoms with Gasteiger partial charge < -0.3 is 9.64 Å². The molecule has 134 valence electrons. The molecule has 0 atom stereocenters. The summed E-state index contributed by atoms with van der Waals surface area (Å²) in [6.07, 6.45) is 0. The predicted molar refractivity (Wildman–Crippen MR) is 95.6 cm³/mol. The molecule has 8 nitrogen and oxygen atoms in total. The fraction of sp³-hybridized carbons (Fsp3) is 0.375. The molecule has 1 aromatic heterocycles. The molecule has 1 heterocycles. The molecular weight excluding hydrogens is 392 g/mol. The van der Waals surface area contributed by atoms with Crippen LogP contribution >= 0.6 is 15.9 Å². The number of aromatic nitrogens is 2. The average Bonchev–Trinajstić information content (AvgIpc) is 2.83. The van der Waals surface area contributed by atoms with E-state index in [0.717, 1.165) is 10.2 Å².